The molecular formula is C12H10BrFN4O. The Morgan fingerprint density at radius 3 is 2.79 bits per heavy atom. The second-order valence-electron chi connectivity index (χ2n) is 3.77. The monoisotopic (exact) mass is 324 g/mol. The number of rotatable bonds is 3. The van der Waals surface area contributed by atoms with E-state index in [0.717, 1.165) is 0 Å². The summed E-state index contributed by atoms with van der Waals surface area (Å²) >= 11 is 3.22. The highest BCUT2D eigenvalue weighted by Gasteiger charge is 2.10. The van der Waals surface area contributed by atoms with Gasteiger partial charge in [-0.2, -0.15) is 4.98 Å². The van der Waals surface area contributed by atoms with E-state index in [4.69, 9.17) is 15.9 Å². The second kappa shape index (κ2) is 5.31. The quantitative estimate of drug-likeness (QED) is 0.671. The lowest BCUT2D eigenvalue weighted by Crippen LogP contribution is -2.14. The molecule has 0 amide bonds. The van der Waals surface area contributed by atoms with Gasteiger partial charge in [-0.15, -0.1) is 0 Å². The van der Waals surface area contributed by atoms with Gasteiger partial charge < -0.3 is 10.5 Å². The highest BCUT2D eigenvalue weighted by atomic mass is 79.9. The van der Waals surface area contributed by atoms with E-state index in [0.29, 0.717) is 10.2 Å². The van der Waals surface area contributed by atoms with Crippen LogP contribution in [-0.2, 0) is 0 Å². The van der Waals surface area contributed by atoms with Crippen LogP contribution in [0, 0.1) is 18.2 Å². The molecule has 7 heteroatoms. The summed E-state index contributed by atoms with van der Waals surface area (Å²) in [7, 11) is 0. The maximum atomic E-state index is 13.5. The van der Waals surface area contributed by atoms with Gasteiger partial charge in [0.25, 0.3) is 0 Å². The van der Waals surface area contributed by atoms with Crippen molar-refractivity contribution in [1.29, 1.82) is 5.41 Å². The minimum atomic E-state index is -0.530. The van der Waals surface area contributed by atoms with Crippen LogP contribution in [0.2, 0.25) is 0 Å². The van der Waals surface area contributed by atoms with Gasteiger partial charge in [-0.25, -0.2) is 9.37 Å². The lowest BCUT2D eigenvalue weighted by molar-refractivity contribution is 0.409. The van der Waals surface area contributed by atoms with Crippen molar-refractivity contribution in [3.05, 3.63) is 45.9 Å². The fourth-order valence-corrected chi connectivity index (χ4v) is 1.72. The highest BCUT2D eigenvalue weighted by molar-refractivity contribution is 9.10. The Hall–Kier alpha value is -2.02. The van der Waals surface area contributed by atoms with E-state index in [1.165, 1.54) is 12.1 Å². The molecule has 0 bridgehead atoms. The summed E-state index contributed by atoms with van der Waals surface area (Å²) in [5.74, 6) is -0.739. The van der Waals surface area contributed by atoms with Gasteiger partial charge in [0.15, 0.2) is 11.6 Å². The first-order valence-corrected chi connectivity index (χ1v) is 6.08. The number of amidine groups is 1. The smallest absolute Gasteiger partial charge is 0.322 e. The lowest BCUT2D eigenvalue weighted by Gasteiger charge is -2.07. The highest BCUT2D eigenvalue weighted by Crippen LogP contribution is 2.25. The van der Waals surface area contributed by atoms with E-state index in [1.807, 2.05) is 0 Å². The zero-order valence-corrected chi connectivity index (χ0v) is 11.5. The van der Waals surface area contributed by atoms with Crippen LogP contribution >= 0.6 is 15.9 Å². The van der Waals surface area contributed by atoms with Crippen LogP contribution in [0.3, 0.4) is 0 Å². The van der Waals surface area contributed by atoms with E-state index in [1.54, 1.807) is 19.1 Å². The second-order valence-corrected chi connectivity index (χ2v) is 4.68. The topological polar surface area (TPSA) is 84.9 Å². The van der Waals surface area contributed by atoms with E-state index < -0.39 is 5.82 Å². The van der Waals surface area contributed by atoms with Crippen molar-refractivity contribution in [2.45, 2.75) is 6.92 Å². The van der Waals surface area contributed by atoms with Gasteiger partial charge in [-0.3, -0.25) is 5.41 Å². The predicted molar refractivity (Wildman–Crippen MR) is 72.0 cm³/mol. The molecule has 0 aliphatic carbocycles. The number of ether oxygens (including phenoxy) is 1. The number of aryl methyl sites for hydroxylation is 1. The number of benzene rings is 1. The molecule has 19 heavy (non-hydrogen) atoms. The van der Waals surface area contributed by atoms with E-state index in [-0.39, 0.29) is 23.3 Å². The summed E-state index contributed by atoms with van der Waals surface area (Å²) in [6.07, 6.45) is 0. The molecule has 1 aromatic carbocycles. The molecule has 98 valence electrons. The molecule has 5 nitrogen and oxygen atoms in total. The number of halogens is 2. The Kier molecular flexibility index (Phi) is 3.75. The van der Waals surface area contributed by atoms with Gasteiger partial charge in [0, 0.05) is 10.2 Å². The molecule has 0 saturated carbocycles. The van der Waals surface area contributed by atoms with Crippen LogP contribution in [0.4, 0.5) is 4.39 Å². The average Bonchev–Trinajstić information content (AvgIpc) is 2.33. The van der Waals surface area contributed by atoms with Gasteiger partial charge in [0.1, 0.15) is 11.5 Å². The Bertz CT molecular complexity index is 648. The molecule has 3 N–H and O–H groups in total. The summed E-state index contributed by atoms with van der Waals surface area (Å²) in [6.45, 7) is 1.71. The van der Waals surface area contributed by atoms with Crippen LogP contribution in [0.5, 0.6) is 11.8 Å². The molecule has 2 aromatic rings. The zero-order valence-electron chi connectivity index (χ0n) is 9.95. The minimum Gasteiger partial charge on any atom is -0.421 e. The molecule has 0 spiro atoms. The number of nitrogens with zero attached hydrogens (tertiary/aromatic N) is 2. The third-order valence-electron chi connectivity index (χ3n) is 2.20. The molecule has 0 fully saturated rings. The first kappa shape index (κ1) is 13.4. The molecule has 0 aliphatic rings. The van der Waals surface area contributed by atoms with Crippen molar-refractivity contribution in [3.63, 3.8) is 0 Å². The van der Waals surface area contributed by atoms with Crippen LogP contribution in [0.15, 0.2) is 28.7 Å². The molecule has 0 atom stereocenters. The van der Waals surface area contributed by atoms with Gasteiger partial charge >= 0.3 is 6.01 Å². The summed E-state index contributed by atoms with van der Waals surface area (Å²) < 4.78 is 19.5. The Labute approximate surface area is 117 Å². The maximum Gasteiger partial charge on any atom is 0.322 e. The number of hydrogen-bond donors (Lipinski definition) is 2. The summed E-state index contributed by atoms with van der Waals surface area (Å²) in [5, 5.41) is 7.34. The number of aromatic nitrogens is 2. The number of hydrogen-bond acceptors (Lipinski definition) is 4. The van der Waals surface area contributed by atoms with Gasteiger partial charge in [-0.05, 0) is 31.2 Å². The molecule has 0 aliphatic heterocycles. The third kappa shape index (κ3) is 3.25. The van der Waals surface area contributed by atoms with Gasteiger partial charge in [-0.1, -0.05) is 15.9 Å². The molecule has 2 rings (SSSR count). The molecule has 1 aromatic heterocycles. The van der Waals surface area contributed by atoms with Crippen molar-refractivity contribution in [1.82, 2.24) is 9.97 Å². The van der Waals surface area contributed by atoms with Crippen molar-refractivity contribution in [3.8, 4) is 11.8 Å². The zero-order chi connectivity index (χ0) is 14.0. The van der Waals surface area contributed by atoms with Crippen molar-refractivity contribution >= 4 is 21.8 Å². The van der Waals surface area contributed by atoms with Gasteiger partial charge in [0.05, 0.1) is 0 Å². The summed E-state index contributed by atoms with van der Waals surface area (Å²) in [4.78, 5) is 7.95. The molecule has 0 unspecified atom stereocenters. The normalized spacial score (nSPS) is 10.3. The predicted octanol–water partition coefficient (Wildman–Crippen LogP) is 2.76. The Balaban J connectivity index is 2.38. The van der Waals surface area contributed by atoms with E-state index in [2.05, 4.69) is 25.9 Å². The van der Waals surface area contributed by atoms with Crippen LogP contribution in [-0.4, -0.2) is 15.8 Å². The summed E-state index contributed by atoms with van der Waals surface area (Å²) in [6, 6.07) is 5.78. The fraction of sp³-hybridized carbons (Fsp3) is 0.0833. The first-order valence-electron chi connectivity index (χ1n) is 5.28. The maximum absolute atomic E-state index is 13.5. The largest absolute Gasteiger partial charge is 0.421 e. The minimum absolute atomic E-state index is 0.00511. The van der Waals surface area contributed by atoms with Crippen molar-refractivity contribution in [2.75, 3.05) is 0 Å². The molecular weight excluding hydrogens is 315 g/mol. The van der Waals surface area contributed by atoms with E-state index >= 15 is 0 Å². The lowest BCUT2D eigenvalue weighted by atomic mass is 10.3. The van der Waals surface area contributed by atoms with Crippen molar-refractivity contribution < 1.29 is 9.13 Å². The van der Waals surface area contributed by atoms with Crippen LogP contribution < -0.4 is 10.5 Å². The molecule has 0 radical (unpaired) electrons. The number of nitrogens with one attached hydrogen (secondary N) is 1. The standard InChI is InChI=1S/C12H10BrFN4O/c1-6-4-9(11(15)16)18-12(17-6)19-10-5-7(13)2-3-8(10)14/h2-5H,1H3,(H3,15,16). The SMILES string of the molecule is Cc1cc(C(=N)N)nc(Oc2cc(Br)ccc2F)n1. The molecule has 0 saturated heterocycles. The number of nitrogens with two attached hydrogens (primary N) is 1. The molecule has 1 heterocycles. The fourth-order valence-electron chi connectivity index (χ4n) is 1.38. The van der Waals surface area contributed by atoms with Crippen molar-refractivity contribution in [2.24, 2.45) is 5.73 Å². The first-order chi connectivity index (χ1) is 8.95. The summed E-state index contributed by atoms with van der Waals surface area (Å²) in [5.41, 5.74) is 6.16. The third-order valence-corrected chi connectivity index (χ3v) is 2.70. The number of nitrogen functional groups attached to an aromatic ring is 1. The Morgan fingerprint density at radius 2 is 2.11 bits per heavy atom. The van der Waals surface area contributed by atoms with E-state index in [9.17, 15) is 4.39 Å². The average molecular weight is 325 g/mol. The van der Waals surface area contributed by atoms with Crippen LogP contribution in [0.1, 0.15) is 11.4 Å². The van der Waals surface area contributed by atoms with Gasteiger partial charge in [0.2, 0.25) is 0 Å². The van der Waals surface area contributed by atoms with Crippen LogP contribution in [0.25, 0.3) is 0 Å². The Morgan fingerprint density at radius 1 is 1.37 bits per heavy atom.